The number of thiocarbonyl (C=S) groups is 1. The normalized spacial score (nSPS) is 21.9. The first-order valence-electron chi connectivity index (χ1n) is 6.79. The summed E-state index contributed by atoms with van der Waals surface area (Å²) < 4.78 is 10.4. The number of carbonyl (C=O) groups excluding carboxylic acids is 1. The molecule has 1 saturated heterocycles. The van der Waals surface area contributed by atoms with E-state index in [1.807, 2.05) is 4.90 Å². The molecule has 0 unspecified atom stereocenters. The van der Waals surface area contributed by atoms with Gasteiger partial charge in [0.25, 0.3) is 0 Å². The van der Waals surface area contributed by atoms with E-state index in [4.69, 9.17) is 27.4 Å². The molecule has 1 heterocycles. The average Bonchev–Trinajstić information content (AvgIpc) is 3.24. The molecule has 2 N–H and O–H groups in total. The minimum Gasteiger partial charge on any atom is -0.392 e. The maximum absolute atomic E-state index is 12.9. The summed E-state index contributed by atoms with van der Waals surface area (Å²) in [5.74, 6) is 0.0721. The molecule has 0 bridgehead atoms. The molecule has 0 aromatic rings. The van der Waals surface area contributed by atoms with Crippen molar-refractivity contribution in [2.45, 2.75) is 31.7 Å². The summed E-state index contributed by atoms with van der Waals surface area (Å²) in [5, 5.41) is 0. The van der Waals surface area contributed by atoms with Crippen molar-refractivity contribution in [1.29, 1.82) is 0 Å². The van der Waals surface area contributed by atoms with Crippen LogP contribution in [0.5, 0.6) is 0 Å². The van der Waals surface area contributed by atoms with Gasteiger partial charge in [-0.25, -0.2) is 0 Å². The molecule has 1 aliphatic heterocycles. The minimum atomic E-state index is -0.704. The van der Waals surface area contributed by atoms with Gasteiger partial charge in [-0.1, -0.05) is 12.2 Å². The van der Waals surface area contributed by atoms with E-state index in [1.165, 1.54) is 0 Å². The van der Waals surface area contributed by atoms with Crippen LogP contribution in [0.3, 0.4) is 0 Å². The van der Waals surface area contributed by atoms with Gasteiger partial charge in [0.15, 0.2) is 0 Å². The van der Waals surface area contributed by atoms with Gasteiger partial charge in [-0.05, 0) is 25.7 Å². The summed E-state index contributed by atoms with van der Waals surface area (Å²) in [7, 11) is 1.65. The van der Waals surface area contributed by atoms with E-state index in [1.54, 1.807) is 7.11 Å². The number of hydrogen-bond donors (Lipinski definition) is 1. The van der Waals surface area contributed by atoms with Crippen LogP contribution in [0, 0.1) is 5.41 Å². The number of hydrogen-bond acceptors (Lipinski definition) is 4. The van der Waals surface area contributed by atoms with Crippen LogP contribution in [0.4, 0.5) is 0 Å². The topological polar surface area (TPSA) is 64.8 Å². The van der Waals surface area contributed by atoms with Crippen LogP contribution < -0.4 is 5.73 Å². The molecule has 5 nitrogen and oxygen atoms in total. The van der Waals surface area contributed by atoms with Crippen molar-refractivity contribution in [2.24, 2.45) is 11.1 Å². The summed E-state index contributed by atoms with van der Waals surface area (Å²) in [5.41, 5.74) is 5.18. The van der Waals surface area contributed by atoms with Gasteiger partial charge in [0.1, 0.15) is 5.41 Å². The number of nitrogens with two attached hydrogens (primary N) is 1. The molecule has 0 radical (unpaired) electrons. The van der Waals surface area contributed by atoms with E-state index >= 15 is 0 Å². The van der Waals surface area contributed by atoms with E-state index in [0.717, 1.165) is 12.8 Å². The highest BCUT2D eigenvalue weighted by Gasteiger charge is 2.48. The lowest BCUT2D eigenvalue weighted by Gasteiger charge is -2.39. The zero-order valence-electron chi connectivity index (χ0n) is 11.4. The maximum atomic E-state index is 12.9. The average molecular weight is 286 g/mol. The Morgan fingerprint density at radius 3 is 2.58 bits per heavy atom. The monoisotopic (exact) mass is 286 g/mol. The lowest BCUT2D eigenvalue weighted by Crippen LogP contribution is -2.54. The standard InChI is InChI=1S/C13H22N2O3S/c1-17-9-6-15(10-2-3-10)12(16)13(11(14)19)4-7-18-8-5-13/h10H,2-9H2,1H3,(H2,14,19). The zero-order valence-corrected chi connectivity index (χ0v) is 12.2. The summed E-state index contributed by atoms with van der Waals surface area (Å²) in [6, 6.07) is 0.344. The van der Waals surface area contributed by atoms with Gasteiger partial charge in [-0.15, -0.1) is 0 Å². The van der Waals surface area contributed by atoms with Crippen LogP contribution in [0.1, 0.15) is 25.7 Å². The molecular formula is C13H22N2O3S. The first-order valence-corrected chi connectivity index (χ1v) is 7.20. The molecule has 108 valence electrons. The van der Waals surface area contributed by atoms with Crippen molar-refractivity contribution in [3.8, 4) is 0 Å². The Hall–Kier alpha value is -0.720. The van der Waals surface area contributed by atoms with Gasteiger partial charge in [-0.3, -0.25) is 4.79 Å². The Labute approximate surface area is 119 Å². The summed E-state index contributed by atoms with van der Waals surface area (Å²) in [6.07, 6.45) is 3.33. The van der Waals surface area contributed by atoms with Crippen LogP contribution in [0.25, 0.3) is 0 Å². The Morgan fingerprint density at radius 1 is 1.47 bits per heavy atom. The van der Waals surface area contributed by atoms with Crippen molar-refractivity contribution >= 4 is 23.1 Å². The smallest absolute Gasteiger partial charge is 0.236 e. The van der Waals surface area contributed by atoms with Gasteiger partial charge in [0.05, 0.1) is 11.6 Å². The van der Waals surface area contributed by atoms with Crippen LogP contribution in [-0.4, -0.2) is 55.3 Å². The third-order valence-electron chi connectivity index (χ3n) is 4.01. The van der Waals surface area contributed by atoms with E-state index in [-0.39, 0.29) is 5.91 Å². The summed E-state index contributed by atoms with van der Waals surface area (Å²) in [6.45, 7) is 2.26. The van der Waals surface area contributed by atoms with Crippen molar-refractivity contribution in [2.75, 3.05) is 33.5 Å². The second kappa shape index (κ2) is 6.15. The molecule has 2 aliphatic rings. The quantitative estimate of drug-likeness (QED) is 0.728. The van der Waals surface area contributed by atoms with Gasteiger partial charge < -0.3 is 20.1 Å². The van der Waals surface area contributed by atoms with Gasteiger partial charge >= 0.3 is 0 Å². The third kappa shape index (κ3) is 3.07. The fourth-order valence-electron chi connectivity index (χ4n) is 2.59. The molecule has 2 fully saturated rings. The highest BCUT2D eigenvalue weighted by atomic mass is 32.1. The highest BCUT2D eigenvalue weighted by molar-refractivity contribution is 7.80. The van der Waals surface area contributed by atoms with Crippen LogP contribution in [-0.2, 0) is 14.3 Å². The summed E-state index contributed by atoms with van der Waals surface area (Å²) in [4.78, 5) is 15.1. The zero-order chi connectivity index (χ0) is 13.9. The second-order valence-electron chi connectivity index (χ2n) is 5.28. The lowest BCUT2D eigenvalue weighted by atomic mass is 9.78. The number of carbonyl (C=O) groups is 1. The number of ether oxygens (including phenoxy) is 2. The van der Waals surface area contributed by atoms with Crippen LogP contribution in [0.2, 0.25) is 0 Å². The Morgan fingerprint density at radius 2 is 2.11 bits per heavy atom. The second-order valence-corrected chi connectivity index (χ2v) is 5.72. The molecule has 2 rings (SSSR count). The first kappa shape index (κ1) is 14.7. The van der Waals surface area contributed by atoms with E-state index in [9.17, 15) is 4.79 Å². The van der Waals surface area contributed by atoms with Crippen molar-refractivity contribution in [3.63, 3.8) is 0 Å². The number of rotatable bonds is 6. The van der Waals surface area contributed by atoms with Gasteiger partial charge in [-0.2, -0.15) is 0 Å². The molecule has 1 saturated carbocycles. The fourth-order valence-corrected chi connectivity index (χ4v) is 2.88. The maximum Gasteiger partial charge on any atom is 0.236 e. The molecule has 19 heavy (non-hydrogen) atoms. The molecule has 1 amide bonds. The SMILES string of the molecule is COCCN(C(=O)C1(C(N)=S)CCOCC1)C1CC1. The van der Waals surface area contributed by atoms with Crippen molar-refractivity contribution < 1.29 is 14.3 Å². The molecule has 0 aromatic heterocycles. The molecule has 0 atom stereocenters. The van der Waals surface area contributed by atoms with Gasteiger partial charge in [0, 0.05) is 32.9 Å². The largest absolute Gasteiger partial charge is 0.392 e. The summed E-state index contributed by atoms with van der Waals surface area (Å²) >= 11 is 5.19. The Kier molecular flexibility index (Phi) is 4.76. The molecule has 6 heteroatoms. The number of amides is 1. The van der Waals surface area contributed by atoms with E-state index < -0.39 is 5.41 Å². The predicted octanol–water partition coefficient (Wildman–Crippen LogP) is 0.707. The van der Waals surface area contributed by atoms with Crippen molar-refractivity contribution in [3.05, 3.63) is 0 Å². The fraction of sp³-hybridized carbons (Fsp3) is 0.846. The number of methoxy groups -OCH3 is 1. The molecule has 0 spiro atoms. The van der Waals surface area contributed by atoms with Gasteiger partial charge in [0.2, 0.25) is 5.91 Å². The predicted molar refractivity (Wildman–Crippen MR) is 75.9 cm³/mol. The Balaban J connectivity index is 2.14. The Bertz CT molecular complexity index is 352. The van der Waals surface area contributed by atoms with E-state index in [0.29, 0.717) is 50.2 Å². The molecular weight excluding hydrogens is 264 g/mol. The highest BCUT2D eigenvalue weighted by Crippen LogP contribution is 2.37. The van der Waals surface area contributed by atoms with Crippen LogP contribution >= 0.6 is 12.2 Å². The van der Waals surface area contributed by atoms with Crippen molar-refractivity contribution in [1.82, 2.24) is 4.90 Å². The van der Waals surface area contributed by atoms with Crippen LogP contribution in [0.15, 0.2) is 0 Å². The minimum absolute atomic E-state index is 0.0721. The molecule has 0 aromatic carbocycles. The third-order valence-corrected chi connectivity index (χ3v) is 4.40. The van der Waals surface area contributed by atoms with E-state index in [2.05, 4.69) is 0 Å². The number of nitrogens with zero attached hydrogens (tertiary/aromatic N) is 1. The lowest BCUT2D eigenvalue weighted by molar-refractivity contribution is -0.143. The first-order chi connectivity index (χ1) is 9.12. The molecule has 1 aliphatic carbocycles.